The van der Waals surface area contributed by atoms with Gasteiger partial charge in [0.1, 0.15) is 5.52 Å². The van der Waals surface area contributed by atoms with Crippen molar-refractivity contribution in [1.29, 1.82) is 5.26 Å². The predicted octanol–water partition coefficient (Wildman–Crippen LogP) is 2.47. The highest BCUT2D eigenvalue weighted by atomic mass is 16.1. The summed E-state index contributed by atoms with van der Waals surface area (Å²) in [6.45, 7) is 0. The van der Waals surface area contributed by atoms with Crippen LogP contribution >= 0.6 is 0 Å². The zero-order valence-corrected chi connectivity index (χ0v) is 15.1. The lowest BCUT2D eigenvalue weighted by molar-refractivity contribution is 0.269. The predicted molar refractivity (Wildman–Crippen MR) is 101 cm³/mol. The molecule has 2 atom stereocenters. The molecule has 1 aliphatic carbocycles. The van der Waals surface area contributed by atoms with E-state index in [2.05, 4.69) is 26.1 Å². The van der Waals surface area contributed by atoms with Gasteiger partial charge in [-0.25, -0.2) is 19.3 Å². The summed E-state index contributed by atoms with van der Waals surface area (Å²) < 4.78 is 3.46. The summed E-state index contributed by atoms with van der Waals surface area (Å²) in [5, 5.41) is 13.3. The van der Waals surface area contributed by atoms with Crippen LogP contribution in [0.4, 0.5) is 0 Å². The van der Waals surface area contributed by atoms with Crippen LogP contribution < -0.4 is 5.69 Å². The molecular weight excluding hydrogens is 356 g/mol. The van der Waals surface area contributed by atoms with Gasteiger partial charge in [0.05, 0.1) is 35.7 Å². The van der Waals surface area contributed by atoms with Crippen molar-refractivity contribution in [1.82, 2.24) is 34.1 Å². The molecule has 1 saturated carbocycles. The molecule has 2 unspecified atom stereocenters. The van der Waals surface area contributed by atoms with Gasteiger partial charge in [-0.2, -0.15) is 10.4 Å². The summed E-state index contributed by atoms with van der Waals surface area (Å²) >= 11 is 0. The Hall–Kier alpha value is -3.54. The maximum atomic E-state index is 12.7. The van der Waals surface area contributed by atoms with Gasteiger partial charge in [-0.1, -0.05) is 6.42 Å². The van der Waals surface area contributed by atoms with Crippen molar-refractivity contribution in [3.05, 3.63) is 41.5 Å². The molecule has 140 valence electrons. The summed E-state index contributed by atoms with van der Waals surface area (Å²) in [7, 11) is 0. The molecular formula is C19H18N8O. The van der Waals surface area contributed by atoms with Gasteiger partial charge in [-0.05, 0) is 25.2 Å². The molecule has 1 N–H and O–H groups in total. The van der Waals surface area contributed by atoms with Gasteiger partial charge in [-0.15, -0.1) is 0 Å². The van der Waals surface area contributed by atoms with Gasteiger partial charge >= 0.3 is 5.69 Å². The third-order valence-electron chi connectivity index (χ3n) is 5.52. The minimum atomic E-state index is -0.175. The van der Waals surface area contributed by atoms with E-state index in [0.717, 1.165) is 36.8 Å². The second-order valence-corrected chi connectivity index (χ2v) is 7.24. The second kappa shape index (κ2) is 6.56. The van der Waals surface area contributed by atoms with E-state index in [0.29, 0.717) is 29.3 Å². The number of nitrogens with one attached hydrogen (secondary N) is 1. The van der Waals surface area contributed by atoms with E-state index in [-0.39, 0.29) is 11.7 Å². The van der Waals surface area contributed by atoms with Crippen molar-refractivity contribution in [2.45, 2.75) is 38.1 Å². The van der Waals surface area contributed by atoms with Crippen molar-refractivity contribution in [3.8, 4) is 17.5 Å². The third kappa shape index (κ3) is 2.65. The molecule has 0 bridgehead atoms. The largest absolute Gasteiger partial charge is 0.327 e. The van der Waals surface area contributed by atoms with Crippen LogP contribution in [0.3, 0.4) is 0 Å². The average molecular weight is 374 g/mol. The summed E-state index contributed by atoms with van der Waals surface area (Å²) in [5.74, 6) is 0.834. The summed E-state index contributed by atoms with van der Waals surface area (Å²) in [6, 6.07) is 2.31. The van der Waals surface area contributed by atoms with E-state index >= 15 is 0 Å². The van der Waals surface area contributed by atoms with Crippen LogP contribution in [-0.4, -0.2) is 34.1 Å². The molecule has 9 heteroatoms. The highest BCUT2D eigenvalue weighted by Crippen LogP contribution is 2.34. The molecule has 0 radical (unpaired) electrons. The summed E-state index contributed by atoms with van der Waals surface area (Å²) in [5.41, 5.74) is 2.61. The number of fused-ring (bicyclic) bond motifs is 2. The molecule has 4 aromatic heterocycles. The molecule has 28 heavy (non-hydrogen) atoms. The van der Waals surface area contributed by atoms with Crippen molar-refractivity contribution < 1.29 is 0 Å². The maximum absolute atomic E-state index is 12.7. The van der Waals surface area contributed by atoms with Crippen LogP contribution in [0.1, 0.15) is 38.1 Å². The highest BCUT2D eigenvalue weighted by molar-refractivity contribution is 5.79. The topological polar surface area (TPSA) is 118 Å². The first kappa shape index (κ1) is 16.6. The van der Waals surface area contributed by atoms with Crippen LogP contribution in [0.25, 0.3) is 28.1 Å². The molecule has 4 aromatic rings. The van der Waals surface area contributed by atoms with E-state index in [1.54, 1.807) is 40.1 Å². The van der Waals surface area contributed by atoms with Crippen LogP contribution in [0.15, 0.2) is 35.8 Å². The number of rotatable bonds is 3. The number of aromatic amines is 1. The van der Waals surface area contributed by atoms with Gasteiger partial charge in [-0.3, -0.25) is 9.55 Å². The zero-order valence-electron chi connectivity index (χ0n) is 15.1. The Morgan fingerprint density at radius 2 is 2.21 bits per heavy atom. The fraction of sp³-hybridized carbons (Fsp3) is 0.368. The number of H-pyrrole nitrogens is 1. The number of imidazole rings is 1. The Bertz CT molecular complexity index is 1260. The number of nitrogens with zero attached hydrogens (tertiary/aromatic N) is 7. The zero-order chi connectivity index (χ0) is 19.1. The first-order chi connectivity index (χ1) is 13.7. The van der Waals surface area contributed by atoms with E-state index in [4.69, 9.17) is 10.2 Å². The van der Waals surface area contributed by atoms with Gasteiger partial charge in [0, 0.05) is 24.9 Å². The van der Waals surface area contributed by atoms with Crippen LogP contribution in [0.2, 0.25) is 0 Å². The number of aromatic nitrogens is 7. The lowest BCUT2D eigenvalue weighted by atomic mass is 9.84. The molecule has 5 rings (SSSR count). The average Bonchev–Trinajstić information content (AvgIpc) is 3.28. The molecule has 0 saturated heterocycles. The monoisotopic (exact) mass is 374 g/mol. The second-order valence-electron chi connectivity index (χ2n) is 7.24. The molecule has 1 fully saturated rings. The van der Waals surface area contributed by atoms with Crippen molar-refractivity contribution in [2.75, 3.05) is 0 Å². The van der Waals surface area contributed by atoms with Crippen LogP contribution in [-0.2, 0) is 0 Å². The lowest BCUT2D eigenvalue weighted by Crippen LogP contribution is -2.27. The number of nitriles is 1. The number of hydrogen-bond donors (Lipinski definition) is 1. The Balaban J connectivity index is 1.61. The van der Waals surface area contributed by atoms with Crippen molar-refractivity contribution in [2.24, 2.45) is 5.92 Å². The molecule has 0 spiro atoms. The molecule has 4 heterocycles. The minimum absolute atomic E-state index is 0.0432. The smallest absolute Gasteiger partial charge is 0.303 e. The molecule has 1 aliphatic rings. The van der Waals surface area contributed by atoms with Gasteiger partial charge in [0.2, 0.25) is 0 Å². The van der Waals surface area contributed by atoms with Crippen molar-refractivity contribution >= 4 is 16.7 Å². The highest BCUT2D eigenvalue weighted by Gasteiger charge is 2.26. The normalized spacial score (nSPS) is 19.8. The Morgan fingerprint density at radius 1 is 1.29 bits per heavy atom. The fourth-order valence-corrected chi connectivity index (χ4v) is 4.20. The Labute approximate surface area is 159 Å². The van der Waals surface area contributed by atoms with Gasteiger partial charge in [0.25, 0.3) is 0 Å². The molecule has 0 aliphatic heterocycles. The summed E-state index contributed by atoms with van der Waals surface area (Å²) in [4.78, 5) is 28.8. The lowest BCUT2D eigenvalue weighted by Gasteiger charge is -2.28. The van der Waals surface area contributed by atoms with E-state index in [9.17, 15) is 4.79 Å². The van der Waals surface area contributed by atoms with E-state index < -0.39 is 0 Å². The van der Waals surface area contributed by atoms with Gasteiger partial charge < -0.3 is 4.98 Å². The van der Waals surface area contributed by atoms with Crippen molar-refractivity contribution in [3.63, 3.8) is 0 Å². The quantitative estimate of drug-likeness (QED) is 0.588. The minimum Gasteiger partial charge on any atom is -0.303 e. The van der Waals surface area contributed by atoms with Crippen LogP contribution in [0, 0.1) is 17.2 Å². The van der Waals surface area contributed by atoms with E-state index in [1.807, 2.05) is 0 Å². The van der Waals surface area contributed by atoms with Gasteiger partial charge in [0.15, 0.2) is 11.5 Å². The van der Waals surface area contributed by atoms with E-state index in [1.165, 1.54) is 0 Å². The number of hydrogen-bond acceptors (Lipinski definition) is 6. The first-order valence-electron chi connectivity index (χ1n) is 9.36. The molecule has 9 nitrogen and oxygen atoms in total. The maximum Gasteiger partial charge on any atom is 0.327 e. The first-order valence-corrected chi connectivity index (χ1v) is 9.36. The Kier molecular flexibility index (Phi) is 3.90. The third-order valence-corrected chi connectivity index (χ3v) is 5.52. The SMILES string of the molecule is N#CCC1CCCC(n2c(=O)[nH]c3cnc(-c4cnn5ccncc45)nc32)C1. The molecule has 0 amide bonds. The Morgan fingerprint density at radius 3 is 3.11 bits per heavy atom. The molecule has 0 aromatic carbocycles. The standard InChI is InChI=1S/C19H18N8O/c20-5-4-12-2-1-3-13(8-12)27-18-15(24-19(27)28)10-22-17(25-18)14-9-23-26-7-6-21-11-16(14)26/h6-7,9-13H,1-4,8H2,(H,24,28). The summed E-state index contributed by atoms with van der Waals surface area (Å²) in [6.07, 6.45) is 12.8. The fourth-order valence-electron chi connectivity index (χ4n) is 4.20. The van der Waals surface area contributed by atoms with Crippen LogP contribution in [0.5, 0.6) is 0 Å².